The Balaban J connectivity index is 2.15. The number of hydrogen-bond donors (Lipinski definition) is 2. The van der Waals surface area contributed by atoms with E-state index in [0.29, 0.717) is 25.6 Å². The van der Waals surface area contributed by atoms with Crippen LogP contribution in [0, 0.1) is 18.3 Å². The number of terminal acetylenes is 1. The Morgan fingerprint density at radius 2 is 2.19 bits per heavy atom. The van der Waals surface area contributed by atoms with Crippen molar-refractivity contribution in [2.75, 3.05) is 19.6 Å². The molecule has 1 unspecified atom stereocenters. The summed E-state index contributed by atoms with van der Waals surface area (Å²) >= 11 is 4.81. The highest BCUT2D eigenvalue weighted by Gasteiger charge is 2.51. The van der Waals surface area contributed by atoms with Crippen LogP contribution in [0.4, 0.5) is 0 Å². The van der Waals surface area contributed by atoms with Crippen LogP contribution in [0.2, 0.25) is 0 Å². The van der Waals surface area contributed by atoms with Gasteiger partial charge in [-0.25, -0.2) is 0 Å². The van der Waals surface area contributed by atoms with Gasteiger partial charge >= 0.3 is 0 Å². The van der Waals surface area contributed by atoms with Gasteiger partial charge in [0.15, 0.2) is 0 Å². The van der Waals surface area contributed by atoms with Gasteiger partial charge in [0, 0.05) is 25.9 Å². The van der Waals surface area contributed by atoms with Crippen molar-refractivity contribution in [3.63, 3.8) is 0 Å². The van der Waals surface area contributed by atoms with Crippen molar-refractivity contribution in [3.05, 3.63) is 0 Å². The van der Waals surface area contributed by atoms with Crippen molar-refractivity contribution in [3.8, 4) is 12.3 Å². The second kappa shape index (κ2) is 6.20. The molecule has 0 aromatic rings. The van der Waals surface area contributed by atoms with Gasteiger partial charge in [0.1, 0.15) is 0 Å². The van der Waals surface area contributed by atoms with Crippen molar-refractivity contribution in [1.29, 1.82) is 0 Å². The zero-order valence-corrected chi connectivity index (χ0v) is 13.4. The van der Waals surface area contributed by atoms with E-state index in [0.717, 1.165) is 19.3 Å². The van der Waals surface area contributed by atoms with E-state index in [1.165, 1.54) is 0 Å². The second-order valence-corrected chi connectivity index (χ2v) is 6.62. The Morgan fingerprint density at radius 1 is 1.57 bits per heavy atom. The summed E-state index contributed by atoms with van der Waals surface area (Å²) in [5.41, 5.74) is -0.385. The predicted molar refractivity (Wildman–Crippen MR) is 85.7 cm³/mol. The third-order valence-corrected chi connectivity index (χ3v) is 4.60. The lowest BCUT2D eigenvalue weighted by molar-refractivity contribution is -0.132. The highest BCUT2D eigenvalue weighted by Crippen LogP contribution is 2.33. The Bertz CT molecular complexity index is 464. The first kappa shape index (κ1) is 16.1. The number of amides is 1. The third-order valence-electron chi connectivity index (χ3n) is 4.34. The molecule has 2 saturated heterocycles. The molecule has 2 N–H and O–H groups in total. The predicted octanol–water partition coefficient (Wildman–Crippen LogP) is 1.10. The van der Waals surface area contributed by atoms with Gasteiger partial charge in [-0.1, -0.05) is 19.8 Å². The number of hydrogen-bond acceptors (Lipinski definition) is 3. The molecule has 1 amide bonds. The van der Waals surface area contributed by atoms with Gasteiger partial charge < -0.3 is 14.9 Å². The Kier molecular flexibility index (Phi) is 4.74. The van der Waals surface area contributed by atoms with Gasteiger partial charge in [-0.15, -0.1) is 6.42 Å². The summed E-state index contributed by atoms with van der Waals surface area (Å²) in [5.74, 6) is 3.14. The fraction of sp³-hybridized carbons (Fsp3) is 0.733. The Labute approximate surface area is 131 Å². The van der Waals surface area contributed by atoms with E-state index in [1.54, 1.807) is 9.80 Å². The smallest absolute Gasteiger partial charge is 0.256 e. The average molecular weight is 309 g/mol. The van der Waals surface area contributed by atoms with Crippen LogP contribution in [-0.4, -0.2) is 57.3 Å². The molecule has 1 atom stereocenters. The second-order valence-electron chi connectivity index (χ2n) is 6.26. The lowest BCUT2D eigenvalue weighted by Crippen LogP contribution is -2.59. The number of piperidine rings is 1. The fourth-order valence-corrected chi connectivity index (χ4v) is 3.48. The van der Waals surface area contributed by atoms with E-state index in [4.69, 9.17) is 18.6 Å². The number of aliphatic hydroxyl groups excluding tert-OH is 1. The molecule has 21 heavy (non-hydrogen) atoms. The molecule has 0 aromatic heterocycles. The van der Waals surface area contributed by atoms with E-state index < -0.39 is 0 Å². The molecular weight excluding hydrogens is 286 g/mol. The van der Waals surface area contributed by atoms with Crippen LogP contribution in [-0.2, 0) is 4.79 Å². The van der Waals surface area contributed by atoms with Crippen molar-refractivity contribution >= 4 is 23.3 Å². The molecule has 2 aliphatic heterocycles. The van der Waals surface area contributed by atoms with Crippen LogP contribution in [0.1, 0.15) is 33.1 Å². The van der Waals surface area contributed by atoms with E-state index in [1.807, 2.05) is 0 Å². The minimum atomic E-state index is -0.385. The Hall–Kier alpha value is -1.32. The first-order valence-corrected chi connectivity index (χ1v) is 7.81. The van der Waals surface area contributed by atoms with Gasteiger partial charge in [0.25, 0.3) is 5.17 Å². The van der Waals surface area contributed by atoms with Gasteiger partial charge in [0.2, 0.25) is 5.91 Å². The fourth-order valence-electron chi connectivity index (χ4n) is 3.30. The van der Waals surface area contributed by atoms with Gasteiger partial charge in [0.05, 0.1) is 18.2 Å². The molecule has 0 radical (unpaired) electrons. The summed E-state index contributed by atoms with van der Waals surface area (Å²) in [4.78, 5) is 16.2. The Morgan fingerprint density at radius 3 is 2.67 bits per heavy atom. The first-order chi connectivity index (χ1) is 9.89. The van der Waals surface area contributed by atoms with Crippen LogP contribution in [0.5, 0.6) is 0 Å². The largest absolute Gasteiger partial charge is 0.487 e. The number of carbonyl (C=O) groups is 1. The highest BCUT2D eigenvalue weighted by molar-refractivity contribution is 7.79. The molecule has 0 bridgehead atoms. The van der Waals surface area contributed by atoms with Crippen LogP contribution in [0.15, 0.2) is 0 Å². The number of carbonyl (C=O) groups excluding carboxylic acids is 1. The quantitative estimate of drug-likeness (QED) is 0.604. The van der Waals surface area contributed by atoms with Crippen molar-refractivity contribution in [1.82, 2.24) is 15.1 Å². The SMILES string of the molecule is C#CCN1C(=O)C(CC(C)C)NC12CCN(C(O)=S)CC2. The van der Waals surface area contributed by atoms with E-state index in [2.05, 4.69) is 25.1 Å². The molecule has 2 rings (SSSR count). The minimum absolute atomic E-state index is 0.0728. The van der Waals surface area contributed by atoms with Crippen molar-refractivity contribution < 1.29 is 9.90 Å². The molecule has 0 aliphatic carbocycles. The van der Waals surface area contributed by atoms with E-state index in [-0.39, 0.29) is 22.8 Å². The summed E-state index contributed by atoms with van der Waals surface area (Å²) in [5, 5.41) is 12.9. The summed E-state index contributed by atoms with van der Waals surface area (Å²) in [6.07, 6.45) is 7.69. The molecule has 2 fully saturated rings. The molecule has 1 spiro atoms. The summed E-state index contributed by atoms with van der Waals surface area (Å²) < 4.78 is 0. The zero-order chi connectivity index (χ0) is 15.6. The number of thiocarbonyl (C=S) groups is 1. The molecule has 5 nitrogen and oxygen atoms in total. The molecule has 2 aliphatic rings. The first-order valence-electron chi connectivity index (χ1n) is 7.40. The number of likely N-dealkylation sites (tertiary alicyclic amines) is 1. The molecule has 0 saturated carbocycles. The maximum atomic E-state index is 12.6. The van der Waals surface area contributed by atoms with Crippen molar-refractivity contribution in [2.24, 2.45) is 5.92 Å². The number of nitrogens with zero attached hydrogens (tertiary/aromatic N) is 2. The van der Waals surface area contributed by atoms with E-state index in [9.17, 15) is 9.90 Å². The lowest BCUT2D eigenvalue weighted by Gasteiger charge is -2.44. The molecule has 0 aromatic carbocycles. The van der Waals surface area contributed by atoms with Gasteiger partial charge in [-0.2, -0.15) is 0 Å². The monoisotopic (exact) mass is 309 g/mol. The van der Waals surface area contributed by atoms with Crippen LogP contribution in [0.3, 0.4) is 0 Å². The molecule has 116 valence electrons. The van der Waals surface area contributed by atoms with E-state index >= 15 is 0 Å². The van der Waals surface area contributed by atoms with Gasteiger partial charge in [-0.3, -0.25) is 10.1 Å². The van der Waals surface area contributed by atoms with Crippen molar-refractivity contribution in [2.45, 2.75) is 44.8 Å². The molecular formula is C15H23N3O2S. The molecule has 6 heteroatoms. The van der Waals surface area contributed by atoms with Crippen LogP contribution >= 0.6 is 12.2 Å². The lowest BCUT2D eigenvalue weighted by atomic mass is 9.96. The third kappa shape index (κ3) is 3.14. The standard InChI is InChI=1S/C15H23N3O2S/c1-4-7-18-13(19)12(10-11(2)3)16-15(18)5-8-17(9-6-15)14(20)21/h1,11-12,16H,5-10H2,2-3H3,(H,20,21). The topological polar surface area (TPSA) is 55.8 Å². The number of nitrogens with one attached hydrogen (secondary N) is 1. The number of rotatable bonds is 3. The molecule has 2 heterocycles. The summed E-state index contributed by atoms with van der Waals surface area (Å²) in [6.45, 7) is 5.80. The minimum Gasteiger partial charge on any atom is -0.487 e. The van der Waals surface area contributed by atoms with Crippen LogP contribution in [0.25, 0.3) is 0 Å². The normalized spacial score (nSPS) is 24.7. The number of aliphatic hydroxyl groups is 1. The average Bonchev–Trinajstić information content (AvgIpc) is 2.65. The maximum absolute atomic E-state index is 12.6. The highest BCUT2D eigenvalue weighted by atomic mass is 32.1. The zero-order valence-electron chi connectivity index (χ0n) is 12.6. The maximum Gasteiger partial charge on any atom is 0.256 e. The summed E-state index contributed by atoms with van der Waals surface area (Å²) in [7, 11) is 0. The van der Waals surface area contributed by atoms with Gasteiger partial charge in [-0.05, 0) is 24.6 Å². The van der Waals surface area contributed by atoms with Crippen LogP contribution < -0.4 is 5.32 Å². The summed E-state index contributed by atoms with van der Waals surface area (Å²) in [6, 6.07) is -0.161.